The van der Waals surface area contributed by atoms with Crippen molar-refractivity contribution in [2.75, 3.05) is 27.2 Å². The Balaban J connectivity index is 1.89. The van der Waals surface area contributed by atoms with Crippen molar-refractivity contribution in [1.82, 2.24) is 15.5 Å². The number of aliphatic imine (C=N–C) groups is 1. The first-order valence-corrected chi connectivity index (χ1v) is 9.15. The molecule has 1 aliphatic rings. The topological polar surface area (TPSA) is 48.9 Å². The van der Waals surface area contributed by atoms with E-state index < -0.39 is 12.8 Å². The molecule has 0 saturated heterocycles. The number of benzene rings is 1. The summed E-state index contributed by atoms with van der Waals surface area (Å²) >= 11 is 0. The van der Waals surface area contributed by atoms with Crippen LogP contribution in [0.15, 0.2) is 23.2 Å². The summed E-state index contributed by atoms with van der Waals surface area (Å²) in [6.07, 6.45) is -1.86. The first-order valence-electron chi connectivity index (χ1n) is 9.15. The van der Waals surface area contributed by atoms with Crippen LogP contribution in [-0.2, 0) is 6.54 Å². The largest absolute Gasteiger partial charge is 0.484 e. The Bertz CT molecular complexity index is 644. The Hall–Kier alpha value is -1.96. The van der Waals surface area contributed by atoms with Crippen molar-refractivity contribution >= 4 is 5.96 Å². The third-order valence-corrected chi connectivity index (χ3v) is 4.67. The standard InChI is InChI=1S/C19H29F3N4O/c1-13-5-6-15(17(9-13)27-12-19(20,21)22)11-25-18(23-3)24-10-14(2)26(4)16-7-8-16/h5-6,9,14,16H,7-8,10-12H2,1-4H3,(H2,23,24,25). The van der Waals surface area contributed by atoms with Gasteiger partial charge in [0.25, 0.3) is 0 Å². The third-order valence-electron chi connectivity index (χ3n) is 4.67. The molecule has 1 fully saturated rings. The smallest absolute Gasteiger partial charge is 0.422 e. The van der Waals surface area contributed by atoms with Crippen LogP contribution in [-0.4, -0.2) is 56.4 Å². The molecule has 2 rings (SSSR count). The number of alkyl halides is 3. The molecule has 1 atom stereocenters. The maximum atomic E-state index is 12.5. The molecule has 0 heterocycles. The van der Waals surface area contributed by atoms with Crippen molar-refractivity contribution in [2.24, 2.45) is 4.99 Å². The van der Waals surface area contributed by atoms with Crippen LogP contribution in [0.3, 0.4) is 0 Å². The monoisotopic (exact) mass is 386 g/mol. The molecule has 1 saturated carbocycles. The molecular formula is C19H29F3N4O. The number of aryl methyl sites for hydroxylation is 1. The second kappa shape index (κ2) is 9.30. The summed E-state index contributed by atoms with van der Waals surface area (Å²) in [6, 6.07) is 6.27. The van der Waals surface area contributed by atoms with E-state index in [-0.39, 0.29) is 5.75 Å². The molecule has 8 heteroatoms. The average Bonchev–Trinajstić information content (AvgIpc) is 3.44. The number of nitrogens with one attached hydrogen (secondary N) is 2. The fourth-order valence-corrected chi connectivity index (χ4v) is 2.73. The maximum absolute atomic E-state index is 12.5. The van der Waals surface area contributed by atoms with E-state index in [4.69, 9.17) is 4.74 Å². The molecule has 1 aromatic carbocycles. The second-order valence-corrected chi connectivity index (χ2v) is 7.07. The lowest BCUT2D eigenvalue weighted by molar-refractivity contribution is -0.153. The minimum Gasteiger partial charge on any atom is -0.484 e. The lowest BCUT2D eigenvalue weighted by atomic mass is 10.1. The predicted molar refractivity (Wildman–Crippen MR) is 101 cm³/mol. The molecule has 1 aliphatic carbocycles. The summed E-state index contributed by atoms with van der Waals surface area (Å²) in [4.78, 5) is 6.53. The van der Waals surface area contributed by atoms with Crippen molar-refractivity contribution < 1.29 is 17.9 Å². The normalized spacial score (nSPS) is 16.4. The van der Waals surface area contributed by atoms with Gasteiger partial charge in [-0.3, -0.25) is 9.89 Å². The molecule has 27 heavy (non-hydrogen) atoms. The van der Waals surface area contributed by atoms with Gasteiger partial charge in [0.05, 0.1) is 0 Å². The molecule has 0 bridgehead atoms. The van der Waals surface area contributed by atoms with Gasteiger partial charge in [-0.15, -0.1) is 0 Å². The van der Waals surface area contributed by atoms with Crippen molar-refractivity contribution in [3.05, 3.63) is 29.3 Å². The minimum atomic E-state index is -4.37. The van der Waals surface area contributed by atoms with Gasteiger partial charge in [-0.1, -0.05) is 12.1 Å². The van der Waals surface area contributed by atoms with Gasteiger partial charge < -0.3 is 15.4 Å². The summed E-state index contributed by atoms with van der Waals surface area (Å²) in [5.41, 5.74) is 1.49. The van der Waals surface area contributed by atoms with Crippen LogP contribution in [0.1, 0.15) is 30.9 Å². The van der Waals surface area contributed by atoms with Gasteiger partial charge in [0.1, 0.15) is 5.75 Å². The van der Waals surface area contributed by atoms with Crippen LogP contribution in [0.4, 0.5) is 13.2 Å². The highest BCUT2D eigenvalue weighted by Crippen LogP contribution is 2.26. The van der Waals surface area contributed by atoms with Gasteiger partial charge in [-0.25, -0.2) is 0 Å². The maximum Gasteiger partial charge on any atom is 0.422 e. The highest BCUT2D eigenvalue weighted by Gasteiger charge is 2.29. The second-order valence-electron chi connectivity index (χ2n) is 7.07. The summed E-state index contributed by atoms with van der Waals surface area (Å²) < 4.78 is 42.4. The van der Waals surface area contributed by atoms with Crippen LogP contribution in [0.25, 0.3) is 0 Å². The molecule has 0 aromatic heterocycles. The predicted octanol–water partition coefficient (Wildman–Crippen LogP) is 3.08. The van der Waals surface area contributed by atoms with E-state index in [2.05, 4.69) is 34.5 Å². The number of guanidine groups is 1. The Kier molecular flexibility index (Phi) is 7.35. The number of nitrogens with zero attached hydrogens (tertiary/aromatic N) is 2. The SMILES string of the molecule is CN=C(NCc1ccc(C)cc1OCC(F)(F)F)NCC(C)N(C)C1CC1. The van der Waals surface area contributed by atoms with E-state index in [9.17, 15) is 13.2 Å². The summed E-state index contributed by atoms with van der Waals surface area (Å²) in [5.74, 6) is 0.838. The fraction of sp³-hybridized carbons (Fsp3) is 0.632. The molecule has 1 aromatic rings. The Morgan fingerprint density at radius 2 is 2.04 bits per heavy atom. The quantitative estimate of drug-likeness (QED) is 0.533. The third kappa shape index (κ3) is 7.28. The van der Waals surface area contributed by atoms with E-state index in [1.165, 1.54) is 12.8 Å². The zero-order valence-electron chi connectivity index (χ0n) is 16.4. The molecule has 0 amide bonds. The number of ether oxygens (including phenoxy) is 1. The molecule has 2 N–H and O–H groups in total. The Labute approximate surface area is 159 Å². The van der Waals surface area contributed by atoms with E-state index in [1.54, 1.807) is 19.2 Å². The first-order chi connectivity index (χ1) is 12.7. The highest BCUT2D eigenvalue weighted by molar-refractivity contribution is 5.79. The lowest BCUT2D eigenvalue weighted by Crippen LogP contribution is -2.45. The van der Waals surface area contributed by atoms with Crippen molar-refractivity contribution in [3.63, 3.8) is 0 Å². The summed E-state index contributed by atoms with van der Waals surface area (Å²) in [5, 5.41) is 6.41. The van der Waals surface area contributed by atoms with Gasteiger partial charge in [0, 0.05) is 37.8 Å². The number of rotatable bonds is 8. The zero-order valence-corrected chi connectivity index (χ0v) is 16.4. The number of likely N-dealkylation sites (N-methyl/N-ethyl adjacent to an activating group) is 1. The average molecular weight is 386 g/mol. The lowest BCUT2D eigenvalue weighted by Gasteiger charge is -2.25. The zero-order chi connectivity index (χ0) is 20.0. The molecule has 0 aliphatic heterocycles. The van der Waals surface area contributed by atoms with Crippen molar-refractivity contribution in [2.45, 2.75) is 51.5 Å². The van der Waals surface area contributed by atoms with Gasteiger partial charge in [-0.2, -0.15) is 13.2 Å². The van der Waals surface area contributed by atoms with Gasteiger partial charge in [0.2, 0.25) is 0 Å². The molecule has 0 radical (unpaired) electrons. The van der Waals surface area contributed by atoms with Crippen LogP contribution in [0.2, 0.25) is 0 Å². The Morgan fingerprint density at radius 3 is 2.63 bits per heavy atom. The molecule has 152 valence electrons. The van der Waals surface area contributed by atoms with Crippen LogP contribution < -0.4 is 15.4 Å². The molecular weight excluding hydrogens is 357 g/mol. The van der Waals surface area contributed by atoms with Crippen LogP contribution >= 0.6 is 0 Å². The number of halogens is 3. The van der Waals surface area contributed by atoms with Gasteiger partial charge in [0.15, 0.2) is 12.6 Å². The van der Waals surface area contributed by atoms with E-state index in [0.29, 0.717) is 30.2 Å². The summed E-state index contributed by atoms with van der Waals surface area (Å²) in [7, 11) is 3.79. The van der Waals surface area contributed by atoms with Crippen molar-refractivity contribution in [1.29, 1.82) is 0 Å². The fourth-order valence-electron chi connectivity index (χ4n) is 2.73. The van der Waals surface area contributed by atoms with Gasteiger partial charge >= 0.3 is 6.18 Å². The van der Waals surface area contributed by atoms with Crippen LogP contribution in [0, 0.1) is 6.92 Å². The number of hydrogen-bond donors (Lipinski definition) is 2. The molecule has 1 unspecified atom stereocenters. The molecule has 0 spiro atoms. The number of hydrogen-bond acceptors (Lipinski definition) is 3. The molecule has 5 nitrogen and oxygen atoms in total. The van der Waals surface area contributed by atoms with Gasteiger partial charge in [-0.05, 0) is 45.4 Å². The van der Waals surface area contributed by atoms with Crippen LogP contribution in [0.5, 0.6) is 5.75 Å². The highest BCUT2D eigenvalue weighted by atomic mass is 19.4. The van der Waals surface area contributed by atoms with E-state index in [0.717, 1.165) is 12.1 Å². The van der Waals surface area contributed by atoms with E-state index in [1.807, 2.05) is 13.0 Å². The van der Waals surface area contributed by atoms with E-state index >= 15 is 0 Å². The minimum absolute atomic E-state index is 0.233. The first kappa shape index (κ1) is 21.3. The summed E-state index contributed by atoms with van der Waals surface area (Å²) in [6.45, 7) is 3.72. The van der Waals surface area contributed by atoms with Crippen molar-refractivity contribution in [3.8, 4) is 5.75 Å². The Morgan fingerprint density at radius 1 is 1.33 bits per heavy atom.